The van der Waals surface area contributed by atoms with Crippen molar-refractivity contribution in [3.8, 4) is 11.8 Å². The van der Waals surface area contributed by atoms with E-state index in [1.54, 1.807) is 30.5 Å². The quantitative estimate of drug-likeness (QED) is 0.551. The highest BCUT2D eigenvalue weighted by Crippen LogP contribution is 2.32. The average Bonchev–Trinajstić information content (AvgIpc) is 2.78. The van der Waals surface area contributed by atoms with Gasteiger partial charge < -0.3 is 4.74 Å². The van der Waals surface area contributed by atoms with Gasteiger partial charge in [0.15, 0.2) is 6.61 Å². The van der Waals surface area contributed by atoms with Crippen LogP contribution in [-0.2, 0) is 0 Å². The molecule has 4 rings (SSSR count). The zero-order valence-electron chi connectivity index (χ0n) is 16.4. The van der Waals surface area contributed by atoms with Gasteiger partial charge in [0.05, 0.1) is 17.1 Å². The van der Waals surface area contributed by atoms with Gasteiger partial charge in [0.25, 0.3) is 5.56 Å². The lowest BCUT2D eigenvalue weighted by atomic mass is 9.88. The summed E-state index contributed by atoms with van der Waals surface area (Å²) in [5.41, 5.74) is 1.08. The number of ether oxygens (including phenoxy) is 1. The van der Waals surface area contributed by atoms with Gasteiger partial charge in [0.2, 0.25) is 0 Å². The molecule has 6 nitrogen and oxygen atoms in total. The van der Waals surface area contributed by atoms with E-state index in [1.807, 2.05) is 24.3 Å². The van der Waals surface area contributed by atoms with Crippen LogP contribution in [-0.4, -0.2) is 22.5 Å². The largest absolute Gasteiger partial charge is 0.478 e. The van der Waals surface area contributed by atoms with E-state index in [2.05, 4.69) is 5.10 Å². The Morgan fingerprint density at radius 2 is 2.03 bits per heavy atom. The summed E-state index contributed by atoms with van der Waals surface area (Å²) in [7, 11) is 0. The van der Waals surface area contributed by atoms with Crippen LogP contribution in [0.3, 0.4) is 0 Å². The molecule has 0 aliphatic heterocycles. The van der Waals surface area contributed by atoms with E-state index in [4.69, 9.17) is 26.6 Å². The Kier molecular flexibility index (Phi) is 6.10. The topological polar surface area (TPSA) is 80.3 Å². The molecule has 152 valence electrons. The van der Waals surface area contributed by atoms with E-state index in [9.17, 15) is 4.79 Å². The minimum atomic E-state index is -0.195. The summed E-state index contributed by atoms with van der Waals surface area (Å²) in [4.78, 5) is 18.1. The lowest BCUT2D eigenvalue weighted by Gasteiger charge is -2.22. The first-order chi connectivity index (χ1) is 14.7. The molecule has 0 radical (unpaired) electrons. The fourth-order valence-electron chi connectivity index (χ4n) is 3.86. The lowest BCUT2D eigenvalue weighted by molar-refractivity contribution is 0.367. The number of para-hydroxylation sites is 1. The Bertz CT molecular complexity index is 1190. The van der Waals surface area contributed by atoms with Gasteiger partial charge in [-0.25, -0.2) is 4.98 Å². The van der Waals surface area contributed by atoms with Crippen molar-refractivity contribution < 1.29 is 4.74 Å². The van der Waals surface area contributed by atoms with Crippen molar-refractivity contribution in [1.82, 2.24) is 9.66 Å². The van der Waals surface area contributed by atoms with Crippen LogP contribution in [0, 0.1) is 11.3 Å². The van der Waals surface area contributed by atoms with Crippen molar-refractivity contribution in [3.63, 3.8) is 0 Å². The summed E-state index contributed by atoms with van der Waals surface area (Å²) in [6, 6.07) is 14.3. The summed E-state index contributed by atoms with van der Waals surface area (Å²) in [5, 5.41) is 14.4. The first kappa shape index (κ1) is 20.1. The van der Waals surface area contributed by atoms with Crippen LogP contribution in [0.5, 0.6) is 5.75 Å². The second-order valence-electron chi connectivity index (χ2n) is 7.31. The molecule has 1 aromatic heterocycles. The monoisotopic (exact) mass is 420 g/mol. The Morgan fingerprint density at radius 3 is 2.83 bits per heavy atom. The van der Waals surface area contributed by atoms with Crippen LogP contribution < -0.4 is 10.3 Å². The molecule has 0 N–H and O–H groups in total. The van der Waals surface area contributed by atoms with Crippen molar-refractivity contribution in [2.75, 3.05) is 6.61 Å². The number of fused-ring (bicyclic) bond motifs is 1. The molecule has 1 saturated carbocycles. The summed E-state index contributed by atoms with van der Waals surface area (Å²) >= 11 is 6.13. The van der Waals surface area contributed by atoms with E-state index in [0.717, 1.165) is 25.7 Å². The number of aromatic nitrogens is 2. The number of hydrogen-bond donors (Lipinski definition) is 0. The predicted molar refractivity (Wildman–Crippen MR) is 117 cm³/mol. The third-order valence-electron chi connectivity index (χ3n) is 5.33. The number of rotatable bonds is 5. The third-order valence-corrected chi connectivity index (χ3v) is 5.56. The van der Waals surface area contributed by atoms with Crippen molar-refractivity contribution in [1.29, 1.82) is 5.26 Å². The molecule has 1 heterocycles. The van der Waals surface area contributed by atoms with Crippen molar-refractivity contribution in [2.24, 2.45) is 5.10 Å². The highest BCUT2D eigenvalue weighted by Gasteiger charge is 2.22. The van der Waals surface area contributed by atoms with Gasteiger partial charge in [-0.15, -0.1) is 0 Å². The maximum absolute atomic E-state index is 13.2. The highest BCUT2D eigenvalue weighted by atomic mass is 35.5. The minimum Gasteiger partial charge on any atom is -0.478 e. The molecule has 2 aromatic carbocycles. The molecule has 3 aromatic rings. The summed E-state index contributed by atoms with van der Waals surface area (Å²) in [5.74, 6) is 1.36. The highest BCUT2D eigenvalue weighted by molar-refractivity contribution is 6.30. The van der Waals surface area contributed by atoms with E-state index >= 15 is 0 Å². The number of halogens is 1. The standard InChI is InChI=1S/C23H21ClN4O2/c24-18-10-11-21(30-13-12-25)17(14-18)15-26-28-22(16-6-2-1-3-7-16)27-20-9-5-4-8-19(20)23(28)29/h4-5,8-11,14-16H,1-3,6-7,13H2. The molecule has 1 aliphatic carbocycles. The van der Waals surface area contributed by atoms with E-state index in [0.29, 0.717) is 33.1 Å². The Hall–Kier alpha value is -3.17. The number of benzene rings is 2. The first-order valence-electron chi connectivity index (χ1n) is 10.0. The normalized spacial score (nSPS) is 14.8. The SMILES string of the molecule is N#CCOc1ccc(Cl)cc1C=Nn1c(C2CCCCC2)nc2ccccc2c1=O. The second-order valence-corrected chi connectivity index (χ2v) is 7.75. The third kappa shape index (κ3) is 4.22. The van der Waals surface area contributed by atoms with E-state index < -0.39 is 0 Å². The number of nitriles is 1. The zero-order chi connectivity index (χ0) is 20.9. The lowest BCUT2D eigenvalue weighted by Crippen LogP contribution is -2.25. The molecule has 0 spiro atoms. The molecule has 7 heteroatoms. The van der Waals surface area contributed by atoms with Gasteiger partial charge in [-0.05, 0) is 43.2 Å². The molecule has 0 unspecified atom stereocenters. The molecule has 1 aliphatic rings. The Labute approximate surface area is 179 Å². The number of nitrogens with zero attached hydrogens (tertiary/aromatic N) is 4. The van der Waals surface area contributed by atoms with Gasteiger partial charge in [-0.2, -0.15) is 15.0 Å². The van der Waals surface area contributed by atoms with Gasteiger partial charge in [-0.3, -0.25) is 4.79 Å². The van der Waals surface area contributed by atoms with Crippen LogP contribution in [0.1, 0.15) is 49.4 Å². The molecule has 0 saturated heterocycles. The summed E-state index contributed by atoms with van der Waals surface area (Å²) in [6.07, 6.45) is 6.99. The first-order valence-corrected chi connectivity index (χ1v) is 10.4. The van der Waals surface area contributed by atoms with Crippen LogP contribution >= 0.6 is 11.6 Å². The van der Waals surface area contributed by atoms with Crippen LogP contribution in [0.15, 0.2) is 52.4 Å². The average molecular weight is 421 g/mol. The van der Waals surface area contributed by atoms with Crippen molar-refractivity contribution in [2.45, 2.75) is 38.0 Å². The van der Waals surface area contributed by atoms with Crippen LogP contribution in [0.2, 0.25) is 5.02 Å². The molecular formula is C23H21ClN4O2. The van der Waals surface area contributed by atoms with Crippen molar-refractivity contribution >= 4 is 28.7 Å². The molecule has 0 bridgehead atoms. The van der Waals surface area contributed by atoms with Crippen molar-refractivity contribution in [3.05, 3.63) is 69.2 Å². The maximum Gasteiger partial charge on any atom is 0.282 e. The fraction of sp³-hybridized carbons (Fsp3) is 0.304. The Balaban J connectivity index is 1.82. The molecule has 0 amide bonds. The predicted octanol–water partition coefficient (Wildman–Crippen LogP) is 4.88. The molecule has 0 atom stereocenters. The van der Waals surface area contributed by atoms with E-state index in [-0.39, 0.29) is 18.1 Å². The van der Waals surface area contributed by atoms with E-state index in [1.165, 1.54) is 11.1 Å². The molecule has 1 fully saturated rings. The second kappa shape index (κ2) is 9.10. The maximum atomic E-state index is 13.2. The fourth-order valence-corrected chi connectivity index (χ4v) is 4.04. The zero-order valence-corrected chi connectivity index (χ0v) is 17.2. The van der Waals surface area contributed by atoms with Crippen LogP contribution in [0.25, 0.3) is 10.9 Å². The van der Waals surface area contributed by atoms with Gasteiger partial charge >= 0.3 is 0 Å². The number of hydrogen-bond acceptors (Lipinski definition) is 5. The van der Waals surface area contributed by atoms with Gasteiger partial charge in [0.1, 0.15) is 17.6 Å². The van der Waals surface area contributed by atoms with Gasteiger partial charge in [0, 0.05) is 16.5 Å². The Morgan fingerprint density at radius 1 is 1.23 bits per heavy atom. The van der Waals surface area contributed by atoms with Crippen LogP contribution in [0.4, 0.5) is 0 Å². The smallest absolute Gasteiger partial charge is 0.282 e. The molecule has 30 heavy (non-hydrogen) atoms. The molecular weight excluding hydrogens is 400 g/mol. The minimum absolute atomic E-state index is 0.0900. The van der Waals surface area contributed by atoms with Gasteiger partial charge in [-0.1, -0.05) is 43.0 Å². The summed E-state index contributed by atoms with van der Waals surface area (Å²) < 4.78 is 6.87. The summed E-state index contributed by atoms with van der Waals surface area (Å²) in [6.45, 7) is -0.0900.